The second-order valence-corrected chi connectivity index (χ2v) is 5.71. The van der Waals surface area contributed by atoms with Gasteiger partial charge in [-0.25, -0.2) is 4.79 Å². The molecule has 1 atom stereocenters. The minimum absolute atomic E-state index is 0.0165. The molecule has 0 spiro atoms. The van der Waals surface area contributed by atoms with E-state index in [9.17, 15) is 14.4 Å². The highest BCUT2D eigenvalue weighted by Gasteiger charge is 2.23. The van der Waals surface area contributed by atoms with Crippen LogP contribution in [0.5, 0.6) is 0 Å². The topological polar surface area (TPSA) is 114 Å². The zero-order valence-corrected chi connectivity index (χ0v) is 14.2. The number of hydrogen-bond donors (Lipinski definition) is 2. The first kappa shape index (κ1) is 17.4. The SMILES string of the molecule is CC[C@H](OC(=O)c1cc2ccccc2c(=O)[nH]1)C(=O)Nc1cc(C)on1. The Hall–Kier alpha value is -3.42. The van der Waals surface area contributed by atoms with E-state index in [-0.39, 0.29) is 17.9 Å². The Morgan fingerprint density at radius 1 is 1.31 bits per heavy atom. The first-order chi connectivity index (χ1) is 12.5. The minimum Gasteiger partial charge on any atom is -0.448 e. The maximum atomic E-state index is 12.4. The fourth-order valence-corrected chi connectivity index (χ4v) is 2.47. The molecule has 1 amide bonds. The number of carbonyl (C=O) groups excluding carboxylic acids is 2. The van der Waals surface area contributed by atoms with Gasteiger partial charge in [0.2, 0.25) is 0 Å². The molecule has 3 aromatic rings. The summed E-state index contributed by atoms with van der Waals surface area (Å²) >= 11 is 0. The fraction of sp³-hybridized carbons (Fsp3) is 0.222. The van der Waals surface area contributed by atoms with Crippen molar-refractivity contribution in [3.63, 3.8) is 0 Å². The van der Waals surface area contributed by atoms with Gasteiger partial charge in [-0.1, -0.05) is 30.3 Å². The summed E-state index contributed by atoms with van der Waals surface area (Å²) in [7, 11) is 0. The molecule has 2 heterocycles. The number of anilines is 1. The van der Waals surface area contributed by atoms with E-state index < -0.39 is 23.5 Å². The fourth-order valence-electron chi connectivity index (χ4n) is 2.47. The first-order valence-corrected chi connectivity index (χ1v) is 8.05. The molecule has 0 unspecified atom stereocenters. The molecular formula is C18H17N3O5. The van der Waals surface area contributed by atoms with Crippen LogP contribution in [0.25, 0.3) is 10.8 Å². The molecule has 2 N–H and O–H groups in total. The molecule has 1 aromatic carbocycles. The Balaban J connectivity index is 1.76. The van der Waals surface area contributed by atoms with Crippen molar-refractivity contribution in [1.29, 1.82) is 0 Å². The second kappa shape index (κ2) is 7.22. The lowest BCUT2D eigenvalue weighted by Gasteiger charge is -2.15. The van der Waals surface area contributed by atoms with Gasteiger partial charge in [0.1, 0.15) is 11.5 Å². The van der Waals surface area contributed by atoms with E-state index in [1.54, 1.807) is 44.2 Å². The minimum atomic E-state index is -1.03. The standard InChI is InChI=1S/C18H17N3O5/c1-3-14(17(23)20-15-8-10(2)26-21-15)25-18(24)13-9-11-6-4-5-7-12(11)16(22)19-13/h4-9,14H,3H2,1-2H3,(H,19,22)(H,20,21,23)/t14-/m0/s1. The number of rotatable bonds is 5. The molecule has 0 aliphatic rings. The predicted octanol–water partition coefficient (Wildman–Crippen LogP) is 2.40. The van der Waals surface area contributed by atoms with E-state index in [1.165, 1.54) is 6.07 Å². The highest BCUT2D eigenvalue weighted by atomic mass is 16.5. The average Bonchev–Trinajstić information content (AvgIpc) is 3.04. The lowest BCUT2D eigenvalue weighted by atomic mass is 10.1. The highest BCUT2D eigenvalue weighted by molar-refractivity contribution is 5.97. The Morgan fingerprint density at radius 3 is 2.77 bits per heavy atom. The number of fused-ring (bicyclic) bond motifs is 1. The summed E-state index contributed by atoms with van der Waals surface area (Å²) in [5, 5.41) is 7.26. The van der Waals surface area contributed by atoms with Crippen LogP contribution < -0.4 is 10.9 Å². The quantitative estimate of drug-likeness (QED) is 0.679. The van der Waals surface area contributed by atoms with Crippen molar-refractivity contribution in [3.05, 3.63) is 58.2 Å². The van der Waals surface area contributed by atoms with Crippen molar-refractivity contribution >= 4 is 28.5 Å². The molecular weight excluding hydrogens is 338 g/mol. The van der Waals surface area contributed by atoms with Gasteiger partial charge in [-0.3, -0.25) is 9.59 Å². The third-order valence-electron chi connectivity index (χ3n) is 3.77. The molecule has 8 heteroatoms. The third-order valence-corrected chi connectivity index (χ3v) is 3.77. The normalized spacial score (nSPS) is 11.9. The molecule has 0 radical (unpaired) electrons. The molecule has 26 heavy (non-hydrogen) atoms. The maximum Gasteiger partial charge on any atom is 0.355 e. The van der Waals surface area contributed by atoms with Crippen molar-refractivity contribution < 1.29 is 18.8 Å². The molecule has 8 nitrogen and oxygen atoms in total. The summed E-state index contributed by atoms with van der Waals surface area (Å²) in [5.74, 6) is -0.538. The van der Waals surface area contributed by atoms with Gasteiger partial charge >= 0.3 is 5.97 Å². The second-order valence-electron chi connectivity index (χ2n) is 5.71. The third kappa shape index (κ3) is 3.64. The Kier molecular flexibility index (Phi) is 4.83. The summed E-state index contributed by atoms with van der Waals surface area (Å²) in [5.41, 5.74) is -0.414. The predicted molar refractivity (Wildman–Crippen MR) is 93.9 cm³/mol. The number of esters is 1. The number of pyridine rings is 1. The van der Waals surface area contributed by atoms with E-state index >= 15 is 0 Å². The van der Waals surface area contributed by atoms with Crippen molar-refractivity contribution in [2.75, 3.05) is 5.32 Å². The van der Waals surface area contributed by atoms with Gasteiger partial charge in [-0.2, -0.15) is 0 Å². The first-order valence-electron chi connectivity index (χ1n) is 8.05. The molecule has 3 rings (SSSR count). The van der Waals surface area contributed by atoms with Crippen LogP contribution in [-0.2, 0) is 9.53 Å². The molecule has 134 valence electrons. The van der Waals surface area contributed by atoms with Crippen LogP contribution in [0.4, 0.5) is 5.82 Å². The van der Waals surface area contributed by atoms with E-state index in [1.807, 2.05) is 0 Å². The number of H-pyrrole nitrogens is 1. The number of ether oxygens (including phenoxy) is 1. The van der Waals surface area contributed by atoms with Crippen LogP contribution in [-0.4, -0.2) is 28.1 Å². The van der Waals surface area contributed by atoms with E-state index in [4.69, 9.17) is 9.26 Å². The van der Waals surface area contributed by atoms with Crippen LogP contribution >= 0.6 is 0 Å². The monoisotopic (exact) mass is 355 g/mol. The van der Waals surface area contributed by atoms with Gasteiger partial charge in [0.05, 0.1) is 0 Å². The van der Waals surface area contributed by atoms with Crippen molar-refractivity contribution in [2.45, 2.75) is 26.4 Å². The van der Waals surface area contributed by atoms with Crippen molar-refractivity contribution in [1.82, 2.24) is 10.1 Å². The van der Waals surface area contributed by atoms with E-state index in [0.29, 0.717) is 16.5 Å². The number of aromatic nitrogens is 2. The largest absolute Gasteiger partial charge is 0.448 e. The summed E-state index contributed by atoms with van der Waals surface area (Å²) in [6.07, 6.45) is -0.777. The zero-order valence-electron chi connectivity index (χ0n) is 14.2. The van der Waals surface area contributed by atoms with Gasteiger partial charge in [0.25, 0.3) is 11.5 Å². The van der Waals surface area contributed by atoms with E-state index in [2.05, 4.69) is 15.5 Å². The van der Waals surface area contributed by atoms with Gasteiger partial charge in [0.15, 0.2) is 11.9 Å². The van der Waals surface area contributed by atoms with Crippen molar-refractivity contribution in [3.8, 4) is 0 Å². The molecule has 0 saturated heterocycles. The summed E-state index contributed by atoms with van der Waals surface area (Å²) in [6.45, 7) is 3.39. The van der Waals surface area contributed by atoms with Crippen LogP contribution in [0.3, 0.4) is 0 Å². The van der Waals surface area contributed by atoms with Gasteiger partial charge in [0, 0.05) is 11.5 Å². The number of hydrogen-bond acceptors (Lipinski definition) is 6. The molecule has 2 aromatic heterocycles. The Labute approximate surface area is 148 Å². The number of amides is 1. The maximum absolute atomic E-state index is 12.4. The number of nitrogens with zero attached hydrogens (tertiary/aromatic N) is 1. The molecule has 0 aliphatic heterocycles. The van der Waals surface area contributed by atoms with Crippen LogP contribution in [0.15, 0.2) is 45.7 Å². The van der Waals surface area contributed by atoms with Crippen LogP contribution in [0.2, 0.25) is 0 Å². The van der Waals surface area contributed by atoms with Gasteiger partial charge in [-0.15, -0.1) is 0 Å². The average molecular weight is 355 g/mol. The number of aryl methyl sites for hydroxylation is 1. The molecule has 0 bridgehead atoms. The number of benzene rings is 1. The highest BCUT2D eigenvalue weighted by Crippen LogP contribution is 2.13. The number of aromatic amines is 1. The lowest BCUT2D eigenvalue weighted by Crippen LogP contribution is -2.32. The lowest BCUT2D eigenvalue weighted by molar-refractivity contribution is -0.124. The molecule has 0 saturated carbocycles. The smallest absolute Gasteiger partial charge is 0.355 e. The Bertz CT molecular complexity index is 1020. The van der Waals surface area contributed by atoms with E-state index in [0.717, 1.165) is 0 Å². The van der Waals surface area contributed by atoms with Crippen molar-refractivity contribution in [2.24, 2.45) is 0 Å². The summed E-state index contributed by atoms with van der Waals surface area (Å²) in [6, 6.07) is 9.94. The van der Waals surface area contributed by atoms with Gasteiger partial charge < -0.3 is 19.6 Å². The summed E-state index contributed by atoms with van der Waals surface area (Å²) in [4.78, 5) is 39.2. The molecule has 0 aliphatic carbocycles. The van der Waals surface area contributed by atoms with Crippen LogP contribution in [0.1, 0.15) is 29.6 Å². The van der Waals surface area contributed by atoms with Gasteiger partial charge in [-0.05, 0) is 30.9 Å². The number of nitrogens with one attached hydrogen (secondary N) is 2. The Morgan fingerprint density at radius 2 is 2.08 bits per heavy atom. The zero-order chi connectivity index (χ0) is 18.7. The van der Waals surface area contributed by atoms with Crippen LogP contribution in [0, 0.1) is 6.92 Å². The number of carbonyl (C=O) groups is 2. The molecule has 0 fully saturated rings. The summed E-state index contributed by atoms with van der Waals surface area (Å²) < 4.78 is 10.1.